The highest BCUT2D eigenvalue weighted by Crippen LogP contribution is 2.27. The molecule has 0 heterocycles. The van der Waals surface area contributed by atoms with Crippen molar-refractivity contribution in [2.45, 2.75) is 70.9 Å². The van der Waals surface area contributed by atoms with Crippen molar-refractivity contribution in [1.82, 2.24) is 0 Å². The first-order valence-corrected chi connectivity index (χ1v) is 6.37. The van der Waals surface area contributed by atoms with Crippen LogP contribution in [0.5, 0.6) is 0 Å². The number of nitrogens with two attached hydrogens (primary N) is 1. The Balaban J connectivity index is 0.00000256. The maximum atomic E-state index is 11.7. The Bertz CT molecular complexity index is 232. The van der Waals surface area contributed by atoms with Crippen molar-refractivity contribution < 1.29 is 9.53 Å². The topological polar surface area (TPSA) is 52.3 Å². The highest BCUT2D eigenvalue weighted by Gasteiger charge is 2.25. The third-order valence-electron chi connectivity index (χ3n) is 3.02. The second kappa shape index (κ2) is 7.22. The Morgan fingerprint density at radius 3 is 2.29 bits per heavy atom. The Morgan fingerprint density at radius 2 is 1.82 bits per heavy atom. The van der Waals surface area contributed by atoms with Gasteiger partial charge in [0.25, 0.3) is 0 Å². The molecule has 0 amide bonds. The molecule has 0 unspecified atom stereocenters. The van der Waals surface area contributed by atoms with E-state index in [1.54, 1.807) is 0 Å². The van der Waals surface area contributed by atoms with Crippen LogP contribution in [-0.4, -0.2) is 17.6 Å². The molecule has 0 saturated heterocycles. The number of esters is 1. The van der Waals surface area contributed by atoms with Crippen LogP contribution in [0.3, 0.4) is 0 Å². The monoisotopic (exact) mass is 263 g/mol. The Labute approximate surface area is 111 Å². The van der Waals surface area contributed by atoms with E-state index in [0.29, 0.717) is 5.92 Å². The molecule has 1 aliphatic carbocycles. The van der Waals surface area contributed by atoms with Crippen molar-refractivity contribution in [3.8, 4) is 0 Å². The summed E-state index contributed by atoms with van der Waals surface area (Å²) >= 11 is 0. The Kier molecular flexibility index (Phi) is 7.10. The molecule has 1 aliphatic rings. The van der Waals surface area contributed by atoms with Crippen molar-refractivity contribution in [3.05, 3.63) is 0 Å². The van der Waals surface area contributed by atoms with Crippen molar-refractivity contribution in [3.63, 3.8) is 0 Å². The normalized spacial score (nSPS) is 19.3. The average molecular weight is 264 g/mol. The molecule has 1 saturated carbocycles. The van der Waals surface area contributed by atoms with Gasteiger partial charge in [-0.1, -0.05) is 32.1 Å². The fraction of sp³-hybridized carbons (Fsp3) is 0.923. The molecule has 0 radical (unpaired) electrons. The van der Waals surface area contributed by atoms with E-state index in [-0.39, 0.29) is 18.4 Å². The van der Waals surface area contributed by atoms with Gasteiger partial charge >= 0.3 is 5.97 Å². The van der Waals surface area contributed by atoms with Crippen LogP contribution < -0.4 is 5.73 Å². The van der Waals surface area contributed by atoms with E-state index < -0.39 is 11.6 Å². The number of hydrogen-bond acceptors (Lipinski definition) is 3. The second-order valence-corrected chi connectivity index (χ2v) is 5.88. The molecule has 1 atom stereocenters. The summed E-state index contributed by atoms with van der Waals surface area (Å²) in [6.45, 7) is 5.62. The molecule has 0 spiro atoms. The number of rotatable bonds is 3. The number of halogens is 1. The Morgan fingerprint density at radius 1 is 1.29 bits per heavy atom. The summed E-state index contributed by atoms with van der Waals surface area (Å²) in [6.07, 6.45) is 7.12. The smallest absolute Gasteiger partial charge is 0.323 e. The van der Waals surface area contributed by atoms with Crippen LogP contribution in [-0.2, 0) is 9.53 Å². The molecular formula is C13H26ClNO2. The van der Waals surface area contributed by atoms with Gasteiger partial charge < -0.3 is 10.5 Å². The summed E-state index contributed by atoms with van der Waals surface area (Å²) in [5.74, 6) is 0.370. The predicted octanol–water partition coefficient (Wildman–Crippen LogP) is 3.05. The molecule has 2 N–H and O–H groups in total. The van der Waals surface area contributed by atoms with Crippen molar-refractivity contribution >= 4 is 18.4 Å². The van der Waals surface area contributed by atoms with E-state index >= 15 is 0 Å². The van der Waals surface area contributed by atoms with Gasteiger partial charge in [0.15, 0.2) is 0 Å². The fourth-order valence-electron chi connectivity index (χ4n) is 2.26. The van der Waals surface area contributed by atoms with E-state index in [1.807, 2.05) is 20.8 Å². The molecule has 0 aromatic carbocycles. The first-order valence-electron chi connectivity index (χ1n) is 6.37. The minimum Gasteiger partial charge on any atom is -0.459 e. The second-order valence-electron chi connectivity index (χ2n) is 5.88. The molecule has 102 valence electrons. The van der Waals surface area contributed by atoms with Gasteiger partial charge in [-0.3, -0.25) is 4.79 Å². The van der Waals surface area contributed by atoms with Crippen LogP contribution in [0.2, 0.25) is 0 Å². The summed E-state index contributed by atoms with van der Waals surface area (Å²) < 4.78 is 5.28. The van der Waals surface area contributed by atoms with Gasteiger partial charge in [-0.2, -0.15) is 0 Å². The molecule has 1 rings (SSSR count). The van der Waals surface area contributed by atoms with Crippen molar-refractivity contribution in [2.75, 3.05) is 0 Å². The summed E-state index contributed by atoms with van der Waals surface area (Å²) in [6, 6.07) is -0.442. The van der Waals surface area contributed by atoms with Gasteiger partial charge in [0.05, 0.1) is 0 Å². The summed E-state index contributed by atoms with van der Waals surface area (Å²) in [5.41, 5.74) is 5.45. The summed E-state index contributed by atoms with van der Waals surface area (Å²) in [7, 11) is 0. The van der Waals surface area contributed by atoms with Gasteiger partial charge in [-0.25, -0.2) is 0 Å². The lowest BCUT2D eigenvalue weighted by molar-refractivity contribution is -0.157. The zero-order chi connectivity index (χ0) is 12.2. The SMILES string of the molecule is CC(C)(C)OC(=O)[C@H](N)CC1CCCCC1.Cl. The third kappa shape index (κ3) is 6.89. The fourth-order valence-corrected chi connectivity index (χ4v) is 2.26. The molecule has 0 bridgehead atoms. The van der Waals surface area contributed by atoms with Crippen molar-refractivity contribution in [1.29, 1.82) is 0 Å². The average Bonchev–Trinajstić information content (AvgIpc) is 2.16. The highest BCUT2D eigenvalue weighted by atomic mass is 35.5. The number of carbonyl (C=O) groups excluding carboxylic acids is 1. The van der Waals surface area contributed by atoms with Gasteiger partial charge in [-0.05, 0) is 33.1 Å². The first kappa shape index (κ1) is 16.7. The van der Waals surface area contributed by atoms with Crippen LogP contribution in [0, 0.1) is 5.92 Å². The minimum absolute atomic E-state index is 0. The number of carbonyl (C=O) groups is 1. The van der Waals surface area contributed by atoms with Crippen LogP contribution in [0.4, 0.5) is 0 Å². The maximum Gasteiger partial charge on any atom is 0.323 e. The van der Waals surface area contributed by atoms with E-state index in [2.05, 4.69) is 0 Å². The van der Waals surface area contributed by atoms with Gasteiger partial charge in [0.1, 0.15) is 11.6 Å². The molecular weight excluding hydrogens is 238 g/mol. The third-order valence-corrected chi connectivity index (χ3v) is 3.02. The van der Waals surface area contributed by atoms with Gasteiger partial charge in [-0.15, -0.1) is 12.4 Å². The summed E-state index contributed by atoms with van der Waals surface area (Å²) in [5, 5.41) is 0. The lowest BCUT2D eigenvalue weighted by Gasteiger charge is -2.26. The highest BCUT2D eigenvalue weighted by molar-refractivity contribution is 5.85. The van der Waals surface area contributed by atoms with Crippen LogP contribution >= 0.6 is 12.4 Å². The van der Waals surface area contributed by atoms with Gasteiger partial charge in [0, 0.05) is 0 Å². The van der Waals surface area contributed by atoms with Gasteiger partial charge in [0.2, 0.25) is 0 Å². The Hall–Kier alpha value is -0.280. The van der Waals surface area contributed by atoms with E-state index in [4.69, 9.17) is 10.5 Å². The van der Waals surface area contributed by atoms with E-state index in [9.17, 15) is 4.79 Å². The van der Waals surface area contributed by atoms with Crippen LogP contribution in [0.1, 0.15) is 59.3 Å². The van der Waals surface area contributed by atoms with Crippen LogP contribution in [0.25, 0.3) is 0 Å². The number of hydrogen-bond donors (Lipinski definition) is 1. The quantitative estimate of drug-likeness (QED) is 0.797. The molecule has 0 aromatic rings. The predicted molar refractivity (Wildman–Crippen MR) is 72.3 cm³/mol. The van der Waals surface area contributed by atoms with E-state index in [0.717, 1.165) is 6.42 Å². The lowest BCUT2D eigenvalue weighted by atomic mass is 9.85. The summed E-state index contributed by atoms with van der Waals surface area (Å²) in [4.78, 5) is 11.7. The minimum atomic E-state index is -0.442. The largest absolute Gasteiger partial charge is 0.459 e. The van der Waals surface area contributed by atoms with E-state index in [1.165, 1.54) is 32.1 Å². The van der Waals surface area contributed by atoms with Crippen LogP contribution in [0.15, 0.2) is 0 Å². The molecule has 4 heteroatoms. The first-order chi connectivity index (χ1) is 7.38. The molecule has 0 aliphatic heterocycles. The zero-order valence-corrected chi connectivity index (χ0v) is 12.0. The lowest BCUT2D eigenvalue weighted by Crippen LogP contribution is -2.38. The molecule has 1 fully saturated rings. The molecule has 17 heavy (non-hydrogen) atoms. The molecule has 3 nitrogen and oxygen atoms in total. The maximum absolute atomic E-state index is 11.7. The van der Waals surface area contributed by atoms with Crippen molar-refractivity contribution in [2.24, 2.45) is 11.7 Å². The molecule has 0 aromatic heterocycles. The number of ether oxygens (including phenoxy) is 1. The standard InChI is InChI=1S/C13H25NO2.ClH/c1-13(2,3)16-12(15)11(14)9-10-7-5-4-6-8-10;/h10-11H,4-9,14H2,1-3H3;1H/t11-;/m1./s1. The zero-order valence-electron chi connectivity index (χ0n) is 11.2.